The van der Waals surface area contributed by atoms with Crippen LogP contribution in [0.2, 0.25) is 0 Å². The minimum absolute atomic E-state index is 0.0939. The van der Waals surface area contributed by atoms with Crippen LogP contribution in [0.3, 0.4) is 0 Å². The quantitative estimate of drug-likeness (QED) is 0.765. The molecule has 0 bridgehead atoms. The van der Waals surface area contributed by atoms with Crippen LogP contribution < -0.4 is 11.1 Å². The van der Waals surface area contributed by atoms with Crippen LogP contribution in [-0.2, 0) is 23.0 Å². The summed E-state index contributed by atoms with van der Waals surface area (Å²) >= 11 is 0. The molecule has 1 heterocycles. The Bertz CT molecular complexity index is 440. The lowest BCUT2D eigenvalue weighted by atomic mass is 10.0. The zero-order valence-electron chi connectivity index (χ0n) is 12.4. The minimum Gasteiger partial charge on any atom is -0.467 e. The van der Waals surface area contributed by atoms with E-state index in [1.165, 1.54) is 7.11 Å². The summed E-state index contributed by atoms with van der Waals surface area (Å²) in [6.45, 7) is 5.98. The highest BCUT2D eigenvalue weighted by atomic mass is 16.5. The van der Waals surface area contributed by atoms with Gasteiger partial charge in [-0.25, -0.2) is 4.79 Å². The molecule has 0 amide bonds. The first-order valence-electron chi connectivity index (χ1n) is 6.58. The number of carbonyl (C=O) groups excluding carboxylic acids is 1. The number of carbonyl (C=O) groups is 1. The van der Waals surface area contributed by atoms with Crippen molar-refractivity contribution in [3.05, 3.63) is 5.69 Å². The number of methoxy groups -OCH3 is 1. The molecule has 0 aromatic carbocycles. The van der Waals surface area contributed by atoms with Crippen molar-refractivity contribution in [2.45, 2.75) is 39.7 Å². The molecule has 3 N–H and O–H groups in total. The van der Waals surface area contributed by atoms with Crippen LogP contribution in [0.25, 0.3) is 0 Å². The maximum Gasteiger partial charge on any atom is 0.328 e. The van der Waals surface area contributed by atoms with Crippen LogP contribution in [0.1, 0.15) is 32.9 Å². The summed E-state index contributed by atoms with van der Waals surface area (Å²) in [4.78, 5) is 11.8. The molecule has 0 aliphatic rings. The molecular weight excluding hydrogens is 244 g/mol. The van der Waals surface area contributed by atoms with E-state index in [-0.39, 0.29) is 11.9 Å². The standard InChI is InChI=1S/C13H24N4O2/c1-6-7-9-10(14)12(17(4)16-9)15-11(8(2)3)13(18)19-5/h8,11,15H,6-7,14H2,1-5H3. The molecule has 0 saturated heterocycles. The number of rotatable bonds is 6. The van der Waals surface area contributed by atoms with Crippen LogP contribution in [0, 0.1) is 5.92 Å². The SMILES string of the molecule is CCCc1nn(C)c(NC(C(=O)OC)C(C)C)c1N. The molecule has 1 rings (SSSR count). The van der Waals surface area contributed by atoms with Gasteiger partial charge in [0.15, 0.2) is 0 Å². The number of aryl methyl sites for hydroxylation is 2. The molecule has 0 fully saturated rings. The molecule has 19 heavy (non-hydrogen) atoms. The zero-order valence-corrected chi connectivity index (χ0v) is 12.4. The summed E-state index contributed by atoms with van der Waals surface area (Å²) in [6.07, 6.45) is 1.80. The van der Waals surface area contributed by atoms with Gasteiger partial charge in [0.25, 0.3) is 0 Å². The van der Waals surface area contributed by atoms with Gasteiger partial charge in [0.1, 0.15) is 11.9 Å². The fourth-order valence-electron chi connectivity index (χ4n) is 1.96. The first kappa shape index (κ1) is 15.3. The minimum atomic E-state index is -0.433. The highest BCUT2D eigenvalue weighted by Crippen LogP contribution is 2.25. The van der Waals surface area contributed by atoms with Gasteiger partial charge in [-0.15, -0.1) is 0 Å². The molecule has 0 aliphatic carbocycles. The van der Waals surface area contributed by atoms with Crippen molar-refractivity contribution in [1.29, 1.82) is 0 Å². The lowest BCUT2D eigenvalue weighted by molar-refractivity contribution is -0.142. The second-order valence-electron chi connectivity index (χ2n) is 4.97. The van der Waals surface area contributed by atoms with Crippen molar-refractivity contribution in [3.8, 4) is 0 Å². The third-order valence-corrected chi connectivity index (χ3v) is 3.06. The van der Waals surface area contributed by atoms with E-state index in [2.05, 4.69) is 17.3 Å². The van der Waals surface area contributed by atoms with Crippen molar-refractivity contribution in [2.75, 3.05) is 18.2 Å². The highest BCUT2D eigenvalue weighted by molar-refractivity contribution is 5.81. The summed E-state index contributed by atoms with van der Waals surface area (Å²) in [7, 11) is 3.20. The fourth-order valence-corrected chi connectivity index (χ4v) is 1.96. The second-order valence-corrected chi connectivity index (χ2v) is 4.97. The summed E-state index contributed by atoms with van der Waals surface area (Å²) in [6, 6.07) is -0.433. The lowest BCUT2D eigenvalue weighted by Crippen LogP contribution is -2.36. The predicted molar refractivity (Wildman–Crippen MR) is 75.9 cm³/mol. The van der Waals surface area contributed by atoms with Gasteiger partial charge in [-0.3, -0.25) is 4.68 Å². The molecular formula is C13H24N4O2. The number of hydrogen-bond acceptors (Lipinski definition) is 5. The number of nitrogens with two attached hydrogens (primary N) is 1. The molecule has 0 saturated carbocycles. The number of nitrogen functional groups attached to an aromatic ring is 1. The van der Waals surface area contributed by atoms with Gasteiger partial charge in [0, 0.05) is 7.05 Å². The van der Waals surface area contributed by atoms with Crippen LogP contribution in [0.4, 0.5) is 11.5 Å². The lowest BCUT2D eigenvalue weighted by Gasteiger charge is -2.21. The zero-order chi connectivity index (χ0) is 14.6. The number of ether oxygens (including phenoxy) is 1. The Morgan fingerprint density at radius 3 is 2.63 bits per heavy atom. The fraction of sp³-hybridized carbons (Fsp3) is 0.692. The molecule has 0 spiro atoms. The van der Waals surface area contributed by atoms with Gasteiger partial charge in [0.2, 0.25) is 0 Å². The van der Waals surface area contributed by atoms with Crippen molar-refractivity contribution >= 4 is 17.5 Å². The van der Waals surface area contributed by atoms with E-state index in [0.717, 1.165) is 18.5 Å². The maximum absolute atomic E-state index is 11.8. The van der Waals surface area contributed by atoms with Crippen molar-refractivity contribution < 1.29 is 9.53 Å². The number of hydrogen-bond donors (Lipinski definition) is 2. The highest BCUT2D eigenvalue weighted by Gasteiger charge is 2.25. The number of aromatic nitrogens is 2. The number of nitrogens with zero attached hydrogens (tertiary/aromatic N) is 2. The number of nitrogens with one attached hydrogen (secondary N) is 1. The molecule has 6 heteroatoms. The Balaban J connectivity index is 2.99. The van der Waals surface area contributed by atoms with Gasteiger partial charge in [-0.05, 0) is 12.3 Å². The van der Waals surface area contributed by atoms with Crippen LogP contribution in [-0.4, -0.2) is 28.9 Å². The molecule has 6 nitrogen and oxygen atoms in total. The summed E-state index contributed by atoms with van der Waals surface area (Å²) in [5, 5.41) is 7.52. The summed E-state index contributed by atoms with van der Waals surface area (Å²) < 4.78 is 6.49. The molecule has 0 radical (unpaired) electrons. The largest absolute Gasteiger partial charge is 0.467 e. The molecule has 0 aliphatic heterocycles. The Labute approximate surface area is 114 Å². The Morgan fingerprint density at radius 1 is 1.53 bits per heavy atom. The Morgan fingerprint density at radius 2 is 2.16 bits per heavy atom. The normalized spacial score (nSPS) is 12.5. The molecule has 1 atom stereocenters. The third kappa shape index (κ3) is 3.39. The van der Waals surface area contributed by atoms with Crippen LogP contribution in [0.5, 0.6) is 0 Å². The number of esters is 1. The van der Waals surface area contributed by atoms with E-state index < -0.39 is 6.04 Å². The summed E-state index contributed by atoms with van der Waals surface area (Å²) in [5.41, 5.74) is 7.55. The van der Waals surface area contributed by atoms with Gasteiger partial charge in [0.05, 0.1) is 18.5 Å². The first-order valence-corrected chi connectivity index (χ1v) is 6.58. The first-order chi connectivity index (χ1) is 8.92. The second kappa shape index (κ2) is 6.45. The van der Waals surface area contributed by atoms with E-state index in [4.69, 9.17) is 10.5 Å². The third-order valence-electron chi connectivity index (χ3n) is 3.06. The van der Waals surface area contributed by atoms with Crippen molar-refractivity contribution in [1.82, 2.24) is 9.78 Å². The monoisotopic (exact) mass is 268 g/mol. The van der Waals surface area contributed by atoms with E-state index in [1.807, 2.05) is 20.9 Å². The van der Waals surface area contributed by atoms with Gasteiger partial charge < -0.3 is 15.8 Å². The average molecular weight is 268 g/mol. The Hall–Kier alpha value is -1.72. The summed E-state index contributed by atoms with van der Waals surface area (Å²) in [5.74, 6) is 0.469. The topological polar surface area (TPSA) is 82.2 Å². The van der Waals surface area contributed by atoms with E-state index >= 15 is 0 Å². The number of anilines is 2. The average Bonchev–Trinajstić information content (AvgIpc) is 2.61. The molecule has 1 unspecified atom stereocenters. The van der Waals surface area contributed by atoms with E-state index in [0.29, 0.717) is 11.5 Å². The van der Waals surface area contributed by atoms with Crippen LogP contribution >= 0.6 is 0 Å². The van der Waals surface area contributed by atoms with Crippen molar-refractivity contribution in [3.63, 3.8) is 0 Å². The van der Waals surface area contributed by atoms with Gasteiger partial charge in [-0.2, -0.15) is 5.10 Å². The van der Waals surface area contributed by atoms with E-state index in [1.54, 1.807) is 4.68 Å². The van der Waals surface area contributed by atoms with Crippen molar-refractivity contribution in [2.24, 2.45) is 13.0 Å². The smallest absolute Gasteiger partial charge is 0.328 e. The molecule has 108 valence electrons. The van der Waals surface area contributed by atoms with Gasteiger partial charge in [-0.1, -0.05) is 27.2 Å². The predicted octanol–water partition coefficient (Wildman–Crippen LogP) is 1.56. The van der Waals surface area contributed by atoms with Crippen LogP contribution in [0.15, 0.2) is 0 Å². The maximum atomic E-state index is 11.8. The molecule has 1 aromatic heterocycles. The Kier molecular flexibility index (Phi) is 5.20. The molecule has 1 aromatic rings. The van der Waals surface area contributed by atoms with Gasteiger partial charge >= 0.3 is 5.97 Å². The van der Waals surface area contributed by atoms with E-state index in [9.17, 15) is 4.79 Å².